The molecule has 21 heavy (non-hydrogen) atoms. The second kappa shape index (κ2) is 7.05. The molecule has 1 heterocycles. The van der Waals surface area contributed by atoms with Crippen molar-refractivity contribution in [1.82, 2.24) is 4.90 Å². The fourth-order valence-corrected chi connectivity index (χ4v) is 2.54. The van der Waals surface area contributed by atoms with Crippen molar-refractivity contribution < 1.29 is 14.3 Å². The molecule has 1 aromatic carbocycles. The lowest BCUT2D eigenvalue weighted by Gasteiger charge is -2.35. The van der Waals surface area contributed by atoms with E-state index in [2.05, 4.69) is 18.7 Å². The molecule has 0 N–H and O–H groups in total. The standard InChI is InChI=1S/C17H25NO3/c1-12(2)18-7-8-20-15(10-18)11-21-17-6-5-13(3)9-16(17)14(4)19/h5-6,9,12,15H,7-8,10-11H2,1-4H3. The van der Waals surface area contributed by atoms with Gasteiger partial charge in [-0.3, -0.25) is 9.69 Å². The molecular formula is C17H25NO3. The number of hydrogen-bond donors (Lipinski definition) is 0. The van der Waals surface area contributed by atoms with Crippen molar-refractivity contribution in [3.63, 3.8) is 0 Å². The van der Waals surface area contributed by atoms with E-state index in [1.54, 1.807) is 6.92 Å². The molecule has 0 radical (unpaired) electrons. The molecule has 4 nitrogen and oxygen atoms in total. The molecule has 1 aliphatic heterocycles. The van der Waals surface area contributed by atoms with Crippen LogP contribution in [-0.2, 0) is 4.74 Å². The number of ether oxygens (including phenoxy) is 2. The molecule has 4 heteroatoms. The topological polar surface area (TPSA) is 38.8 Å². The first kappa shape index (κ1) is 16.0. The zero-order valence-corrected chi connectivity index (χ0v) is 13.4. The molecule has 1 unspecified atom stereocenters. The number of carbonyl (C=O) groups is 1. The third-order valence-corrected chi connectivity index (χ3v) is 3.84. The molecule has 1 saturated heterocycles. The average molecular weight is 291 g/mol. The van der Waals surface area contributed by atoms with Crippen molar-refractivity contribution in [3.05, 3.63) is 29.3 Å². The van der Waals surface area contributed by atoms with Gasteiger partial charge < -0.3 is 9.47 Å². The Morgan fingerprint density at radius 2 is 2.24 bits per heavy atom. The lowest BCUT2D eigenvalue weighted by Crippen LogP contribution is -2.47. The van der Waals surface area contributed by atoms with Crippen LogP contribution in [0.5, 0.6) is 5.75 Å². The van der Waals surface area contributed by atoms with Crippen LogP contribution in [0.1, 0.15) is 36.7 Å². The SMILES string of the molecule is CC(=O)c1cc(C)ccc1OCC1CN(C(C)C)CCO1. The normalized spacial score (nSPS) is 19.8. The molecular weight excluding hydrogens is 266 g/mol. The Balaban J connectivity index is 1.98. The third-order valence-electron chi connectivity index (χ3n) is 3.84. The van der Waals surface area contributed by atoms with Gasteiger partial charge in [-0.05, 0) is 39.8 Å². The predicted molar refractivity (Wildman–Crippen MR) is 83.1 cm³/mol. The number of carbonyl (C=O) groups excluding carboxylic acids is 1. The van der Waals surface area contributed by atoms with Crippen LogP contribution in [0.4, 0.5) is 0 Å². The van der Waals surface area contributed by atoms with Crippen molar-refractivity contribution >= 4 is 5.78 Å². The molecule has 2 rings (SSSR count). The Kier molecular flexibility index (Phi) is 5.37. The largest absolute Gasteiger partial charge is 0.490 e. The van der Waals surface area contributed by atoms with Gasteiger partial charge in [-0.2, -0.15) is 0 Å². The van der Waals surface area contributed by atoms with Crippen LogP contribution in [-0.4, -0.2) is 49.1 Å². The number of nitrogens with zero attached hydrogens (tertiary/aromatic N) is 1. The Morgan fingerprint density at radius 1 is 1.48 bits per heavy atom. The number of benzene rings is 1. The van der Waals surface area contributed by atoms with Crippen molar-refractivity contribution in [3.8, 4) is 5.75 Å². The first-order chi connectivity index (χ1) is 9.97. The summed E-state index contributed by atoms with van der Waals surface area (Å²) in [4.78, 5) is 14.1. The molecule has 116 valence electrons. The summed E-state index contributed by atoms with van der Waals surface area (Å²) < 4.78 is 11.6. The average Bonchev–Trinajstić information content (AvgIpc) is 2.46. The summed E-state index contributed by atoms with van der Waals surface area (Å²) in [5, 5.41) is 0. The van der Waals surface area contributed by atoms with Gasteiger partial charge in [0.1, 0.15) is 18.5 Å². The summed E-state index contributed by atoms with van der Waals surface area (Å²) in [6.45, 7) is 11.0. The minimum Gasteiger partial charge on any atom is -0.490 e. The van der Waals surface area contributed by atoms with Crippen LogP contribution in [0, 0.1) is 6.92 Å². The first-order valence-electron chi connectivity index (χ1n) is 7.57. The van der Waals surface area contributed by atoms with Crippen molar-refractivity contribution in [1.29, 1.82) is 0 Å². The Hall–Kier alpha value is -1.39. The molecule has 0 spiro atoms. The van der Waals surface area contributed by atoms with E-state index in [0.29, 0.717) is 24.0 Å². The number of rotatable bonds is 5. The first-order valence-corrected chi connectivity index (χ1v) is 7.57. The van der Waals surface area contributed by atoms with Gasteiger partial charge in [0.15, 0.2) is 5.78 Å². The summed E-state index contributed by atoms with van der Waals surface area (Å²) in [6, 6.07) is 6.22. The smallest absolute Gasteiger partial charge is 0.163 e. The number of morpholine rings is 1. The number of aryl methyl sites for hydroxylation is 1. The van der Waals surface area contributed by atoms with Crippen molar-refractivity contribution in [2.75, 3.05) is 26.3 Å². The van der Waals surface area contributed by atoms with E-state index in [9.17, 15) is 4.79 Å². The molecule has 1 aliphatic rings. The molecule has 0 bridgehead atoms. The highest BCUT2D eigenvalue weighted by molar-refractivity contribution is 5.97. The zero-order chi connectivity index (χ0) is 15.4. The van der Waals surface area contributed by atoms with Gasteiger partial charge in [0, 0.05) is 19.1 Å². The van der Waals surface area contributed by atoms with Crippen LogP contribution in [0.25, 0.3) is 0 Å². The highest BCUT2D eigenvalue weighted by atomic mass is 16.5. The van der Waals surface area contributed by atoms with E-state index in [1.165, 1.54) is 0 Å². The van der Waals surface area contributed by atoms with E-state index in [1.807, 2.05) is 25.1 Å². The number of hydrogen-bond acceptors (Lipinski definition) is 4. The minimum atomic E-state index is 0.0297. The predicted octanol–water partition coefficient (Wildman–Crippen LogP) is 2.69. The third kappa shape index (κ3) is 4.29. The molecule has 1 aromatic rings. The molecule has 0 aliphatic carbocycles. The summed E-state index contributed by atoms with van der Waals surface area (Å²) in [7, 11) is 0. The van der Waals surface area contributed by atoms with Gasteiger partial charge in [0.2, 0.25) is 0 Å². The number of Topliss-reactive ketones (excluding diaryl/α,β-unsaturated/α-hetero) is 1. The summed E-state index contributed by atoms with van der Waals surface area (Å²) >= 11 is 0. The Labute approximate surface area is 127 Å². The van der Waals surface area contributed by atoms with E-state index < -0.39 is 0 Å². The highest BCUT2D eigenvalue weighted by Gasteiger charge is 2.23. The molecule has 0 aromatic heterocycles. The summed E-state index contributed by atoms with van der Waals surface area (Å²) in [6.07, 6.45) is 0.0576. The maximum Gasteiger partial charge on any atom is 0.163 e. The van der Waals surface area contributed by atoms with Crippen LogP contribution in [0.3, 0.4) is 0 Å². The Morgan fingerprint density at radius 3 is 2.90 bits per heavy atom. The lowest BCUT2D eigenvalue weighted by atomic mass is 10.1. The van der Waals surface area contributed by atoms with E-state index in [0.717, 1.165) is 25.3 Å². The summed E-state index contributed by atoms with van der Waals surface area (Å²) in [5.41, 5.74) is 1.71. The van der Waals surface area contributed by atoms with Crippen LogP contribution in [0.15, 0.2) is 18.2 Å². The van der Waals surface area contributed by atoms with Crippen molar-refractivity contribution in [2.24, 2.45) is 0 Å². The van der Waals surface area contributed by atoms with E-state index >= 15 is 0 Å². The zero-order valence-electron chi connectivity index (χ0n) is 13.4. The van der Waals surface area contributed by atoms with E-state index in [4.69, 9.17) is 9.47 Å². The van der Waals surface area contributed by atoms with Crippen LogP contribution >= 0.6 is 0 Å². The maximum atomic E-state index is 11.7. The fourth-order valence-electron chi connectivity index (χ4n) is 2.54. The molecule has 0 saturated carbocycles. The second-order valence-electron chi connectivity index (χ2n) is 5.95. The quantitative estimate of drug-likeness (QED) is 0.782. The lowest BCUT2D eigenvalue weighted by molar-refractivity contribution is -0.0565. The minimum absolute atomic E-state index is 0.0297. The van der Waals surface area contributed by atoms with E-state index in [-0.39, 0.29) is 11.9 Å². The Bertz CT molecular complexity index is 499. The molecule has 0 amide bonds. The van der Waals surface area contributed by atoms with Gasteiger partial charge in [-0.15, -0.1) is 0 Å². The van der Waals surface area contributed by atoms with Crippen molar-refractivity contribution in [2.45, 2.75) is 39.8 Å². The maximum absolute atomic E-state index is 11.7. The van der Waals surface area contributed by atoms with Gasteiger partial charge in [-0.25, -0.2) is 0 Å². The summed E-state index contributed by atoms with van der Waals surface area (Å²) in [5.74, 6) is 0.681. The monoisotopic (exact) mass is 291 g/mol. The van der Waals surface area contributed by atoms with Gasteiger partial charge in [0.25, 0.3) is 0 Å². The highest BCUT2D eigenvalue weighted by Crippen LogP contribution is 2.21. The van der Waals surface area contributed by atoms with Gasteiger partial charge >= 0.3 is 0 Å². The molecule has 1 atom stereocenters. The number of ketones is 1. The van der Waals surface area contributed by atoms with Gasteiger partial charge in [-0.1, -0.05) is 11.6 Å². The van der Waals surface area contributed by atoms with Gasteiger partial charge in [0.05, 0.1) is 12.2 Å². The fraction of sp³-hybridized carbons (Fsp3) is 0.588. The second-order valence-corrected chi connectivity index (χ2v) is 5.95. The molecule has 1 fully saturated rings. The van der Waals surface area contributed by atoms with Crippen LogP contribution in [0.2, 0.25) is 0 Å². The van der Waals surface area contributed by atoms with Crippen LogP contribution < -0.4 is 4.74 Å².